The quantitative estimate of drug-likeness (QED) is 0.586. The highest BCUT2D eigenvalue weighted by Gasteiger charge is 2.36. The summed E-state index contributed by atoms with van der Waals surface area (Å²) in [6.45, 7) is 13.4. The first kappa shape index (κ1) is 20.8. The van der Waals surface area contributed by atoms with Crippen molar-refractivity contribution in [1.29, 1.82) is 0 Å². The fourth-order valence-electron chi connectivity index (χ4n) is 3.60. The molecule has 0 aliphatic carbocycles. The topological polar surface area (TPSA) is 20.2 Å². The third-order valence-electron chi connectivity index (χ3n) is 5.28. The average molecular weight is 392 g/mol. The van der Waals surface area contributed by atoms with E-state index in [-0.39, 0.29) is 10.8 Å². The Morgan fingerprint density at radius 2 is 1.07 bits per heavy atom. The van der Waals surface area contributed by atoms with E-state index in [9.17, 15) is 4.89 Å². The Balaban J connectivity index is 2.36. The maximum absolute atomic E-state index is 12.4. The molecule has 0 saturated heterocycles. The van der Waals surface area contributed by atoms with Gasteiger partial charge >= 0.3 is 0 Å². The molecule has 0 amide bonds. The van der Waals surface area contributed by atoms with Crippen molar-refractivity contribution < 1.29 is 4.89 Å². The molecule has 28 heavy (non-hydrogen) atoms. The Morgan fingerprint density at radius 1 is 0.607 bits per heavy atom. The summed E-state index contributed by atoms with van der Waals surface area (Å²) in [4.78, 5) is 12.4. The van der Waals surface area contributed by atoms with Crippen LogP contribution in [-0.2, 0) is 10.8 Å². The van der Waals surface area contributed by atoms with E-state index in [4.69, 9.17) is 0 Å². The van der Waals surface area contributed by atoms with Gasteiger partial charge in [0.1, 0.15) is 0 Å². The monoisotopic (exact) mass is 391 g/mol. The smallest absolute Gasteiger partial charge is 0.0669 e. The van der Waals surface area contributed by atoms with Crippen molar-refractivity contribution in [2.24, 2.45) is 0 Å². The molecule has 0 aromatic heterocycles. The number of rotatable bonds is 3. The third-order valence-corrected chi connectivity index (χ3v) is 8.46. The van der Waals surface area contributed by atoms with Crippen molar-refractivity contribution in [1.82, 2.24) is 0 Å². The van der Waals surface area contributed by atoms with Gasteiger partial charge < -0.3 is 4.89 Å². The second kappa shape index (κ2) is 7.47. The second-order valence-corrected chi connectivity index (χ2v) is 12.3. The highest BCUT2D eigenvalue weighted by molar-refractivity contribution is 7.91. The van der Waals surface area contributed by atoms with Gasteiger partial charge in [0.15, 0.2) is 0 Å². The number of hydrogen-bond donors (Lipinski definition) is 1. The van der Waals surface area contributed by atoms with Crippen LogP contribution in [0.25, 0.3) is 0 Å². The third kappa shape index (κ3) is 3.93. The van der Waals surface area contributed by atoms with E-state index in [2.05, 4.69) is 84.0 Å². The van der Waals surface area contributed by atoms with Crippen LogP contribution in [0, 0.1) is 0 Å². The molecule has 0 aliphatic heterocycles. The molecular formula is C26H32OP. The maximum Gasteiger partial charge on any atom is 0.0669 e. The van der Waals surface area contributed by atoms with E-state index in [0.29, 0.717) is 0 Å². The zero-order valence-corrected chi connectivity index (χ0v) is 18.8. The van der Waals surface area contributed by atoms with Crippen molar-refractivity contribution in [3.05, 3.63) is 90.0 Å². The van der Waals surface area contributed by atoms with Crippen LogP contribution >= 0.6 is 7.49 Å². The minimum atomic E-state index is -2.73. The first-order valence-corrected chi connectivity index (χ1v) is 11.7. The van der Waals surface area contributed by atoms with E-state index >= 15 is 0 Å². The highest BCUT2D eigenvalue weighted by Crippen LogP contribution is 2.53. The van der Waals surface area contributed by atoms with Gasteiger partial charge in [0.25, 0.3) is 0 Å². The predicted molar refractivity (Wildman–Crippen MR) is 125 cm³/mol. The molecule has 3 aromatic rings. The lowest BCUT2D eigenvalue weighted by atomic mass is 9.81. The number of hydrogen-bond acceptors (Lipinski definition) is 1. The van der Waals surface area contributed by atoms with Gasteiger partial charge in [-0.15, -0.1) is 0 Å². The molecule has 1 N–H and O–H groups in total. The van der Waals surface area contributed by atoms with Gasteiger partial charge in [-0.05, 0) is 22.0 Å². The molecule has 3 rings (SSSR count). The van der Waals surface area contributed by atoms with Gasteiger partial charge in [0.2, 0.25) is 0 Å². The molecule has 0 heterocycles. The van der Waals surface area contributed by atoms with Crippen LogP contribution in [0.1, 0.15) is 52.7 Å². The molecule has 0 unspecified atom stereocenters. The van der Waals surface area contributed by atoms with Crippen LogP contribution < -0.4 is 15.9 Å². The van der Waals surface area contributed by atoms with Crippen LogP contribution in [-0.4, -0.2) is 4.89 Å². The summed E-state index contributed by atoms with van der Waals surface area (Å²) in [7, 11) is -2.73. The normalized spacial score (nSPS) is 12.8. The van der Waals surface area contributed by atoms with Crippen molar-refractivity contribution >= 4 is 23.4 Å². The van der Waals surface area contributed by atoms with Crippen LogP contribution in [0.3, 0.4) is 0 Å². The van der Waals surface area contributed by atoms with Crippen LogP contribution in [0.2, 0.25) is 0 Å². The molecule has 0 atom stereocenters. The van der Waals surface area contributed by atoms with Crippen LogP contribution in [0.15, 0.2) is 78.9 Å². The summed E-state index contributed by atoms with van der Waals surface area (Å²) >= 11 is 0. The SMILES string of the molecule is CC(C)(C)c1ccc([P](O)(c2ccccc2)c2ccccc2)c(C(C)(C)C)c1. The van der Waals surface area contributed by atoms with Crippen molar-refractivity contribution in [2.75, 3.05) is 0 Å². The van der Waals surface area contributed by atoms with Crippen molar-refractivity contribution in [3.8, 4) is 0 Å². The average Bonchev–Trinajstić information content (AvgIpc) is 2.67. The minimum Gasteiger partial charge on any atom is -0.366 e. The lowest BCUT2D eigenvalue weighted by Gasteiger charge is -2.37. The van der Waals surface area contributed by atoms with Crippen LogP contribution in [0.4, 0.5) is 0 Å². The summed E-state index contributed by atoms with van der Waals surface area (Å²) in [6, 6.07) is 27.0. The van der Waals surface area contributed by atoms with Gasteiger partial charge in [-0.1, -0.05) is 120 Å². The van der Waals surface area contributed by atoms with Crippen molar-refractivity contribution in [3.63, 3.8) is 0 Å². The van der Waals surface area contributed by atoms with E-state index in [0.717, 1.165) is 15.9 Å². The second-order valence-electron chi connectivity index (χ2n) is 9.54. The Labute approximate surface area is 170 Å². The summed E-state index contributed by atoms with van der Waals surface area (Å²) < 4.78 is 0. The molecule has 2 heteroatoms. The molecular weight excluding hydrogens is 359 g/mol. The Hall–Kier alpha value is -1.95. The fourth-order valence-corrected chi connectivity index (χ4v) is 6.70. The predicted octanol–water partition coefficient (Wildman–Crippen LogP) is 5.48. The standard InChI is InChI=1S/C26H32OP/c1-25(2,3)20-17-18-24(23(19-20)26(4,5)6)28(27,21-13-9-7-10-14-21)22-15-11-8-12-16-22/h7-19,27H,1-6H3. The molecule has 0 saturated carbocycles. The Bertz CT molecular complexity index is 892. The van der Waals surface area contributed by atoms with Gasteiger partial charge in [-0.3, -0.25) is 0 Å². The Morgan fingerprint density at radius 3 is 1.46 bits per heavy atom. The van der Waals surface area contributed by atoms with E-state index in [1.165, 1.54) is 11.1 Å². The van der Waals surface area contributed by atoms with Gasteiger partial charge in [-0.25, -0.2) is 0 Å². The summed E-state index contributed by atoms with van der Waals surface area (Å²) in [5.41, 5.74) is 2.51. The molecule has 0 aliphatic rings. The Kier molecular flexibility index (Phi) is 5.54. The summed E-state index contributed by atoms with van der Waals surface area (Å²) in [6.07, 6.45) is 0. The van der Waals surface area contributed by atoms with Gasteiger partial charge in [0, 0.05) is 15.9 Å². The van der Waals surface area contributed by atoms with E-state index in [1.807, 2.05) is 36.4 Å². The minimum absolute atomic E-state index is 0.0641. The zero-order valence-electron chi connectivity index (χ0n) is 17.9. The largest absolute Gasteiger partial charge is 0.366 e. The first-order valence-electron chi connectivity index (χ1n) is 9.93. The molecule has 0 spiro atoms. The van der Waals surface area contributed by atoms with Crippen LogP contribution in [0.5, 0.6) is 0 Å². The van der Waals surface area contributed by atoms with Gasteiger partial charge in [-0.2, -0.15) is 0 Å². The highest BCUT2D eigenvalue weighted by atomic mass is 31.2. The molecule has 0 fully saturated rings. The van der Waals surface area contributed by atoms with E-state index in [1.54, 1.807) is 0 Å². The van der Waals surface area contributed by atoms with Crippen molar-refractivity contribution in [2.45, 2.75) is 52.4 Å². The summed E-state index contributed by atoms with van der Waals surface area (Å²) in [5, 5.41) is 3.05. The lowest BCUT2D eigenvalue weighted by molar-refractivity contribution is 0.569. The maximum atomic E-state index is 12.4. The molecule has 3 aromatic carbocycles. The zero-order chi connectivity index (χ0) is 20.6. The van der Waals surface area contributed by atoms with Gasteiger partial charge in [0.05, 0.1) is 7.49 Å². The molecule has 0 bridgehead atoms. The molecule has 1 radical (unpaired) electrons. The van der Waals surface area contributed by atoms with E-state index < -0.39 is 7.49 Å². The molecule has 147 valence electrons. The first-order chi connectivity index (χ1) is 13.0. The lowest BCUT2D eigenvalue weighted by Crippen LogP contribution is -2.36. The summed E-state index contributed by atoms with van der Waals surface area (Å²) in [5.74, 6) is 0. The molecule has 1 nitrogen and oxygen atoms in total. The number of benzene rings is 3. The fraction of sp³-hybridized carbons (Fsp3) is 0.308.